The van der Waals surface area contributed by atoms with Gasteiger partial charge in [0.25, 0.3) is 5.91 Å². The molecule has 1 aromatic heterocycles. The van der Waals surface area contributed by atoms with Crippen LogP contribution in [0.25, 0.3) is 22.0 Å². The van der Waals surface area contributed by atoms with Gasteiger partial charge in [0.15, 0.2) is 0 Å². The standard InChI is InChI=1S/C28H33ClN4O3/c1-18(34)30-26-14-13-24(29)22-12-7-19(17-23(22)26)25-5-4-6-27(32-25)28(35)31-20-8-10-21(11-9-20)33(2)15-16-36-3/h4-7,12-14,17,20-21H,8-11,15-16H2,1-3H3,(H,30,34)(H,31,35)/t20-,21-. The Bertz CT molecular complexity index is 1240. The lowest BCUT2D eigenvalue weighted by Gasteiger charge is -2.34. The molecule has 1 aliphatic rings. The Morgan fingerprint density at radius 1 is 1.08 bits per heavy atom. The predicted molar refractivity (Wildman–Crippen MR) is 145 cm³/mol. The van der Waals surface area contributed by atoms with E-state index < -0.39 is 0 Å². The molecule has 8 heteroatoms. The number of rotatable bonds is 8. The Labute approximate surface area is 217 Å². The average Bonchev–Trinajstić information content (AvgIpc) is 2.89. The van der Waals surface area contributed by atoms with Crippen LogP contribution in [-0.2, 0) is 9.53 Å². The third-order valence-electron chi connectivity index (χ3n) is 6.85. The number of fused-ring (bicyclic) bond motifs is 1. The molecule has 1 heterocycles. The lowest BCUT2D eigenvalue weighted by molar-refractivity contribution is -0.114. The summed E-state index contributed by atoms with van der Waals surface area (Å²) in [4.78, 5) is 31.7. The lowest BCUT2D eigenvalue weighted by Crippen LogP contribution is -2.43. The summed E-state index contributed by atoms with van der Waals surface area (Å²) in [6.07, 6.45) is 4.00. The SMILES string of the molecule is COCCN(C)[C@H]1CC[C@H](NC(=O)c2cccc(-c3ccc4c(Cl)ccc(NC(C)=O)c4c3)n2)CC1. The molecule has 4 rings (SSSR count). The monoisotopic (exact) mass is 508 g/mol. The van der Waals surface area contributed by atoms with Gasteiger partial charge in [-0.3, -0.25) is 9.59 Å². The van der Waals surface area contributed by atoms with Crippen molar-refractivity contribution in [1.29, 1.82) is 0 Å². The van der Waals surface area contributed by atoms with Crippen LogP contribution in [0.5, 0.6) is 0 Å². The van der Waals surface area contributed by atoms with Gasteiger partial charge in [0.1, 0.15) is 5.69 Å². The topological polar surface area (TPSA) is 83.6 Å². The van der Waals surface area contributed by atoms with Crippen LogP contribution in [0.3, 0.4) is 0 Å². The number of benzene rings is 2. The third-order valence-corrected chi connectivity index (χ3v) is 7.18. The van der Waals surface area contributed by atoms with E-state index in [1.165, 1.54) is 6.92 Å². The van der Waals surface area contributed by atoms with Crippen LogP contribution in [0.15, 0.2) is 48.5 Å². The number of ether oxygens (including phenoxy) is 1. The number of hydrogen-bond donors (Lipinski definition) is 2. The zero-order valence-electron chi connectivity index (χ0n) is 21.0. The van der Waals surface area contributed by atoms with Crippen molar-refractivity contribution in [2.75, 3.05) is 32.6 Å². The highest BCUT2D eigenvalue weighted by Crippen LogP contribution is 2.33. The van der Waals surface area contributed by atoms with E-state index in [0.717, 1.165) is 55.2 Å². The first-order chi connectivity index (χ1) is 17.4. The molecular formula is C28H33ClN4O3. The summed E-state index contributed by atoms with van der Waals surface area (Å²) in [6, 6.07) is 15.5. The molecule has 1 saturated carbocycles. The van der Waals surface area contributed by atoms with Crippen LogP contribution in [0, 0.1) is 0 Å². The van der Waals surface area contributed by atoms with Crippen molar-refractivity contribution in [1.82, 2.24) is 15.2 Å². The molecule has 190 valence electrons. The number of halogens is 1. The zero-order chi connectivity index (χ0) is 25.7. The zero-order valence-corrected chi connectivity index (χ0v) is 21.8. The molecule has 0 bridgehead atoms. The van der Waals surface area contributed by atoms with Crippen molar-refractivity contribution >= 4 is 39.9 Å². The van der Waals surface area contributed by atoms with Gasteiger partial charge in [0.2, 0.25) is 5.91 Å². The molecule has 2 amide bonds. The summed E-state index contributed by atoms with van der Waals surface area (Å²) in [6.45, 7) is 3.12. The van der Waals surface area contributed by atoms with E-state index in [1.54, 1.807) is 25.3 Å². The van der Waals surface area contributed by atoms with Crippen LogP contribution in [0.2, 0.25) is 5.02 Å². The largest absolute Gasteiger partial charge is 0.383 e. The Balaban J connectivity index is 1.47. The van der Waals surface area contributed by atoms with E-state index >= 15 is 0 Å². The number of methoxy groups -OCH3 is 1. The molecule has 1 fully saturated rings. The van der Waals surface area contributed by atoms with Crippen molar-refractivity contribution in [2.45, 2.75) is 44.7 Å². The molecule has 2 aromatic carbocycles. The Hall–Kier alpha value is -3.00. The fourth-order valence-electron chi connectivity index (χ4n) is 4.83. The smallest absolute Gasteiger partial charge is 0.270 e. The van der Waals surface area contributed by atoms with E-state index in [9.17, 15) is 9.59 Å². The molecule has 0 radical (unpaired) electrons. The van der Waals surface area contributed by atoms with Crippen LogP contribution in [-0.4, -0.2) is 61.1 Å². The minimum Gasteiger partial charge on any atom is -0.383 e. The fourth-order valence-corrected chi connectivity index (χ4v) is 5.06. The summed E-state index contributed by atoms with van der Waals surface area (Å²) in [5.74, 6) is -0.313. The maximum atomic E-state index is 13.0. The quantitative estimate of drug-likeness (QED) is 0.440. The molecule has 1 aliphatic carbocycles. The van der Waals surface area contributed by atoms with Crippen molar-refractivity contribution in [3.05, 3.63) is 59.2 Å². The molecule has 0 spiro atoms. The molecule has 7 nitrogen and oxygen atoms in total. The van der Waals surface area contributed by atoms with E-state index in [2.05, 4.69) is 27.6 Å². The van der Waals surface area contributed by atoms with E-state index in [-0.39, 0.29) is 17.9 Å². The van der Waals surface area contributed by atoms with E-state index in [4.69, 9.17) is 16.3 Å². The molecule has 3 aromatic rings. The minimum atomic E-state index is -0.157. The molecular weight excluding hydrogens is 476 g/mol. The fraction of sp³-hybridized carbons (Fsp3) is 0.393. The molecule has 36 heavy (non-hydrogen) atoms. The number of nitrogens with one attached hydrogen (secondary N) is 2. The third kappa shape index (κ3) is 6.22. The molecule has 0 aliphatic heterocycles. The maximum absolute atomic E-state index is 13.0. The Kier molecular flexibility index (Phi) is 8.56. The second-order valence-corrected chi connectivity index (χ2v) is 9.80. The van der Waals surface area contributed by atoms with Gasteiger partial charge >= 0.3 is 0 Å². The van der Waals surface area contributed by atoms with Gasteiger partial charge < -0.3 is 20.3 Å². The number of aromatic nitrogens is 1. The lowest BCUT2D eigenvalue weighted by atomic mass is 9.90. The molecule has 0 unspecified atom stereocenters. The first-order valence-electron chi connectivity index (χ1n) is 12.3. The number of carbonyl (C=O) groups excluding carboxylic acids is 2. The molecule has 0 atom stereocenters. The van der Waals surface area contributed by atoms with Crippen LogP contribution in [0.1, 0.15) is 43.1 Å². The van der Waals surface area contributed by atoms with Gasteiger partial charge in [-0.1, -0.05) is 29.8 Å². The number of carbonyl (C=O) groups is 2. The normalized spacial score (nSPS) is 17.8. The second-order valence-electron chi connectivity index (χ2n) is 9.40. The number of hydrogen-bond acceptors (Lipinski definition) is 5. The number of likely N-dealkylation sites (N-methyl/N-ethyl adjacent to an activating group) is 1. The van der Waals surface area contributed by atoms with Gasteiger partial charge in [-0.2, -0.15) is 0 Å². The predicted octanol–water partition coefficient (Wildman–Crippen LogP) is 5.13. The van der Waals surface area contributed by atoms with Crippen molar-refractivity contribution in [3.63, 3.8) is 0 Å². The number of pyridine rings is 1. The van der Waals surface area contributed by atoms with Gasteiger partial charge in [-0.25, -0.2) is 4.98 Å². The van der Waals surface area contributed by atoms with Gasteiger partial charge in [-0.05, 0) is 63.1 Å². The summed E-state index contributed by atoms with van der Waals surface area (Å²) >= 11 is 6.38. The number of amides is 2. The maximum Gasteiger partial charge on any atom is 0.270 e. The first kappa shape index (κ1) is 26.1. The van der Waals surface area contributed by atoms with Gasteiger partial charge in [-0.15, -0.1) is 0 Å². The summed E-state index contributed by atoms with van der Waals surface area (Å²) in [5, 5.41) is 8.29. The highest BCUT2D eigenvalue weighted by molar-refractivity contribution is 6.36. The Morgan fingerprint density at radius 2 is 1.86 bits per heavy atom. The number of anilines is 1. The second kappa shape index (κ2) is 11.8. The van der Waals surface area contributed by atoms with E-state index in [1.807, 2.05) is 30.3 Å². The summed E-state index contributed by atoms with van der Waals surface area (Å²) in [5.41, 5.74) is 2.59. The minimum absolute atomic E-state index is 0.151. The first-order valence-corrected chi connectivity index (χ1v) is 12.7. The van der Waals surface area contributed by atoms with Crippen molar-refractivity contribution in [3.8, 4) is 11.3 Å². The van der Waals surface area contributed by atoms with E-state index in [0.29, 0.717) is 28.1 Å². The van der Waals surface area contributed by atoms with Crippen LogP contribution < -0.4 is 10.6 Å². The average molecular weight is 509 g/mol. The molecule has 2 N–H and O–H groups in total. The summed E-state index contributed by atoms with van der Waals surface area (Å²) < 4.78 is 5.19. The van der Waals surface area contributed by atoms with Crippen molar-refractivity contribution in [2.24, 2.45) is 0 Å². The Morgan fingerprint density at radius 3 is 2.58 bits per heavy atom. The van der Waals surface area contributed by atoms with Crippen molar-refractivity contribution < 1.29 is 14.3 Å². The van der Waals surface area contributed by atoms with Gasteiger partial charge in [0.05, 0.1) is 12.3 Å². The van der Waals surface area contributed by atoms with Crippen LogP contribution in [0.4, 0.5) is 5.69 Å². The summed E-state index contributed by atoms with van der Waals surface area (Å²) in [7, 11) is 3.86. The van der Waals surface area contributed by atoms with Crippen LogP contribution >= 0.6 is 11.6 Å². The molecule has 0 saturated heterocycles. The highest BCUT2D eigenvalue weighted by Gasteiger charge is 2.25. The highest BCUT2D eigenvalue weighted by atomic mass is 35.5. The number of nitrogens with zero attached hydrogens (tertiary/aromatic N) is 2. The van der Waals surface area contributed by atoms with Gasteiger partial charge in [0, 0.05) is 59.7 Å².